The summed E-state index contributed by atoms with van der Waals surface area (Å²) >= 11 is 3.46. The minimum absolute atomic E-state index is 0.147. The number of morpholine rings is 1. The largest absolute Gasteiger partial charge is 0.491 e. The topological polar surface area (TPSA) is 47.7 Å². The second-order valence-corrected chi connectivity index (χ2v) is 5.38. The summed E-state index contributed by atoms with van der Waals surface area (Å²) in [5.74, 6) is 0.843. The van der Waals surface area contributed by atoms with Gasteiger partial charge in [-0.3, -0.25) is 0 Å². The molecule has 0 amide bonds. The van der Waals surface area contributed by atoms with E-state index < -0.39 is 0 Å². The summed E-state index contributed by atoms with van der Waals surface area (Å²) in [6.45, 7) is 3.77. The van der Waals surface area contributed by atoms with Crippen molar-refractivity contribution >= 4 is 15.9 Å². The number of halogens is 1. The quantitative estimate of drug-likeness (QED) is 0.917. The highest BCUT2D eigenvalue weighted by molar-refractivity contribution is 9.10. The molecule has 0 radical (unpaired) electrons. The van der Waals surface area contributed by atoms with Gasteiger partial charge in [-0.05, 0) is 30.8 Å². The summed E-state index contributed by atoms with van der Waals surface area (Å²) in [7, 11) is 2.10. The van der Waals surface area contributed by atoms with Gasteiger partial charge in [-0.2, -0.15) is 0 Å². The van der Waals surface area contributed by atoms with Crippen molar-refractivity contribution in [3.05, 3.63) is 28.2 Å². The zero-order valence-corrected chi connectivity index (χ0v) is 12.1. The zero-order valence-electron chi connectivity index (χ0n) is 10.6. The molecule has 1 unspecified atom stereocenters. The van der Waals surface area contributed by atoms with Crippen molar-refractivity contribution in [2.24, 2.45) is 5.73 Å². The summed E-state index contributed by atoms with van der Waals surface area (Å²) < 4.78 is 12.4. The molecule has 2 rings (SSSR count). The number of benzene rings is 1. The molecule has 18 heavy (non-hydrogen) atoms. The van der Waals surface area contributed by atoms with Gasteiger partial charge in [0.15, 0.2) is 0 Å². The van der Waals surface area contributed by atoms with Crippen LogP contribution in [0.5, 0.6) is 5.75 Å². The van der Waals surface area contributed by atoms with Crippen LogP contribution in [0.15, 0.2) is 22.7 Å². The Hall–Kier alpha value is -0.620. The highest BCUT2D eigenvalue weighted by atomic mass is 79.9. The second-order valence-electron chi connectivity index (χ2n) is 4.52. The molecular weight excluding hydrogens is 296 g/mol. The average molecular weight is 315 g/mol. The average Bonchev–Trinajstić information content (AvgIpc) is 2.38. The Morgan fingerprint density at radius 1 is 1.56 bits per heavy atom. The molecule has 4 nitrogen and oxygen atoms in total. The lowest BCUT2D eigenvalue weighted by atomic mass is 10.2. The van der Waals surface area contributed by atoms with Crippen LogP contribution < -0.4 is 10.5 Å². The number of hydrogen-bond acceptors (Lipinski definition) is 4. The maximum atomic E-state index is 5.76. The molecule has 1 atom stereocenters. The normalized spacial score (nSPS) is 20.9. The van der Waals surface area contributed by atoms with Crippen LogP contribution in [-0.2, 0) is 11.3 Å². The molecule has 1 saturated heterocycles. The molecule has 0 bridgehead atoms. The highest BCUT2D eigenvalue weighted by Crippen LogP contribution is 2.22. The van der Waals surface area contributed by atoms with Crippen LogP contribution in [0.2, 0.25) is 0 Å². The van der Waals surface area contributed by atoms with E-state index in [1.54, 1.807) is 0 Å². The van der Waals surface area contributed by atoms with Crippen LogP contribution in [0.4, 0.5) is 0 Å². The molecule has 0 saturated carbocycles. The first kappa shape index (κ1) is 13.8. The van der Waals surface area contributed by atoms with Gasteiger partial charge in [-0.25, -0.2) is 0 Å². The van der Waals surface area contributed by atoms with Gasteiger partial charge in [0.2, 0.25) is 0 Å². The number of nitrogens with zero attached hydrogens (tertiary/aromatic N) is 1. The Kier molecular flexibility index (Phi) is 5.00. The summed E-state index contributed by atoms with van der Waals surface area (Å²) in [5, 5.41) is 0. The number of hydrogen-bond donors (Lipinski definition) is 1. The minimum Gasteiger partial charge on any atom is -0.491 e. The van der Waals surface area contributed by atoms with Crippen LogP contribution in [0.25, 0.3) is 0 Å². The van der Waals surface area contributed by atoms with Crippen LogP contribution in [0.3, 0.4) is 0 Å². The van der Waals surface area contributed by atoms with Gasteiger partial charge in [0.25, 0.3) is 0 Å². The fourth-order valence-corrected chi connectivity index (χ4v) is 2.36. The van der Waals surface area contributed by atoms with Gasteiger partial charge >= 0.3 is 0 Å². The molecule has 1 aromatic carbocycles. The second kappa shape index (κ2) is 6.52. The Morgan fingerprint density at radius 3 is 3.11 bits per heavy atom. The van der Waals surface area contributed by atoms with Crippen molar-refractivity contribution in [2.75, 3.05) is 33.4 Å². The van der Waals surface area contributed by atoms with E-state index in [1.807, 2.05) is 18.2 Å². The maximum absolute atomic E-state index is 5.76. The summed E-state index contributed by atoms with van der Waals surface area (Å²) in [6, 6.07) is 5.87. The SMILES string of the molecule is CN1CCOC(COc2ccc(Br)c(CN)c2)C1. The summed E-state index contributed by atoms with van der Waals surface area (Å²) in [6.07, 6.45) is 0.147. The Balaban J connectivity index is 1.89. The standard InChI is InChI=1S/C13H19BrN2O2/c1-16-4-5-17-12(8-16)9-18-11-2-3-13(14)10(6-11)7-15/h2-3,6,12H,4-5,7-9,15H2,1H3. The van der Waals surface area contributed by atoms with Crippen molar-refractivity contribution in [3.63, 3.8) is 0 Å². The van der Waals surface area contributed by atoms with Crippen molar-refractivity contribution < 1.29 is 9.47 Å². The molecule has 0 spiro atoms. The molecule has 0 aromatic heterocycles. The molecule has 0 aliphatic carbocycles. The molecule has 100 valence electrons. The fourth-order valence-electron chi connectivity index (χ4n) is 1.95. The van der Waals surface area contributed by atoms with E-state index in [0.29, 0.717) is 13.2 Å². The van der Waals surface area contributed by atoms with Crippen LogP contribution in [0.1, 0.15) is 5.56 Å². The van der Waals surface area contributed by atoms with E-state index in [4.69, 9.17) is 15.2 Å². The van der Waals surface area contributed by atoms with Gasteiger partial charge in [0.1, 0.15) is 18.5 Å². The van der Waals surface area contributed by atoms with Crippen molar-refractivity contribution in [2.45, 2.75) is 12.6 Å². The lowest BCUT2D eigenvalue weighted by Gasteiger charge is -2.29. The van der Waals surface area contributed by atoms with Crippen LogP contribution >= 0.6 is 15.9 Å². The van der Waals surface area contributed by atoms with E-state index >= 15 is 0 Å². The van der Waals surface area contributed by atoms with Crippen LogP contribution in [-0.4, -0.2) is 44.4 Å². The van der Waals surface area contributed by atoms with E-state index in [-0.39, 0.29) is 6.10 Å². The van der Waals surface area contributed by atoms with Crippen molar-refractivity contribution in [1.82, 2.24) is 4.90 Å². The van der Waals surface area contributed by atoms with Gasteiger partial charge < -0.3 is 20.1 Å². The molecule has 1 aromatic rings. The van der Waals surface area contributed by atoms with Crippen molar-refractivity contribution in [3.8, 4) is 5.75 Å². The third-order valence-corrected chi connectivity index (χ3v) is 3.79. The van der Waals surface area contributed by atoms with E-state index in [9.17, 15) is 0 Å². The Bertz CT molecular complexity index is 401. The first-order chi connectivity index (χ1) is 8.69. The lowest BCUT2D eigenvalue weighted by molar-refractivity contribution is -0.0403. The van der Waals surface area contributed by atoms with Gasteiger partial charge in [-0.15, -0.1) is 0 Å². The lowest BCUT2D eigenvalue weighted by Crippen LogP contribution is -2.42. The Labute approximate surface area is 116 Å². The van der Waals surface area contributed by atoms with E-state index in [2.05, 4.69) is 27.9 Å². The molecule has 2 N–H and O–H groups in total. The van der Waals surface area contributed by atoms with Gasteiger partial charge in [0, 0.05) is 24.1 Å². The molecule has 1 heterocycles. The number of ether oxygens (including phenoxy) is 2. The third kappa shape index (κ3) is 3.68. The van der Waals surface area contributed by atoms with Crippen LogP contribution in [0, 0.1) is 0 Å². The maximum Gasteiger partial charge on any atom is 0.119 e. The molecule has 1 aliphatic rings. The number of nitrogens with two attached hydrogens (primary N) is 1. The zero-order chi connectivity index (χ0) is 13.0. The monoisotopic (exact) mass is 314 g/mol. The molecule has 5 heteroatoms. The first-order valence-electron chi connectivity index (χ1n) is 6.10. The summed E-state index contributed by atoms with van der Waals surface area (Å²) in [4.78, 5) is 2.25. The number of rotatable bonds is 4. The number of likely N-dealkylation sites (N-methyl/N-ethyl adjacent to an activating group) is 1. The molecular formula is C13H19BrN2O2. The van der Waals surface area contributed by atoms with E-state index in [0.717, 1.165) is 35.5 Å². The third-order valence-electron chi connectivity index (χ3n) is 3.01. The first-order valence-corrected chi connectivity index (χ1v) is 6.90. The Morgan fingerprint density at radius 2 is 2.39 bits per heavy atom. The summed E-state index contributed by atoms with van der Waals surface area (Å²) in [5.41, 5.74) is 6.71. The molecule has 1 aliphatic heterocycles. The molecule has 1 fully saturated rings. The minimum atomic E-state index is 0.147. The van der Waals surface area contributed by atoms with E-state index in [1.165, 1.54) is 0 Å². The predicted molar refractivity (Wildman–Crippen MR) is 74.8 cm³/mol. The van der Waals surface area contributed by atoms with Gasteiger partial charge in [0.05, 0.1) is 6.61 Å². The highest BCUT2D eigenvalue weighted by Gasteiger charge is 2.18. The van der Waals surface area contributed by atoms with Crippen molar-refractivity contribution in [1.29, 1.82) is 0 Å². The van der Waals surface area contributed by atoms with Gasteiger partial charge in [-0.1, -0.05) is 15.9 Å². The fraction of sp³-hybridized carbons (Fsp3) is 0.538. The smallest absolute Gasteiger partial charge is 0.119 e. The predicted octanol–water partition coefficient (Wildman–Crippen LogP) is 1.62.